The summed E-state index contributed by atoms with van der Waals surface area (Å²) in [6.07, 6.45) is 3.00. The number of hydrogen-bond donors (Lipinski definition) is 0. The first-order valence-corrected chi connectivity index (χ1v) is 3.18. The van der Waals surface area contributed by atoms with Crippen LogP contribution in [0.4, 0.5) is 0 Å². The van der Waals surface area contributed by atoms with E-state index in [1.54, 1.807) is 13.1 Å². The maximum absolute atomic E-state index is 11.2. The second kappa shape index (κ2) is 1.95. The molecule has 2 heterocycles. The Kier molecular flexibility index (Phi) is 1.09. The molecule has 2 rings (SSSR count). The van der Waals surface area contributed by atoms with Gasteiger partial charge in [-0.1, -0.05) is 0 Å². The van der Waals surface area contributed by atoms with E-state index in [1.807, 2.05) is 0 Å². The van der Waals surface area contributed by atoms with Gasteiger partial charge in [0.25, 0.3) is 5.56 Å². The molecular weight excluding hydrogens is 144 g/mol. The number of aryl methyl sites for hydroxylation is 1. The lowest BCUT2D eigenvalue weighted by Crippen LogP contribution is -2.17. The normalized spacial score (nSPS) is 10.6. The van der Waals surface area contributed by atoms with Gasteiger partial charge in [-0.15, -0.1) is 0 Å². The minimum absolute atomic E-state index is 0.128. The van der Waals surface area contributed by atoms with E-state index in [2.05, 4.69) is 5.10 Å². The molecule has 0 aliphatic carbocycles. The van der Waals surface area contributed by atoms with Crippen LogP contribution < -0.4 is 5.56 Å². The molecule has 0 saturated heterocycles. The van der Waals surface area contributed by atoms with Gasteiger partial charge in [0, 0.05) is 7.05 Å². The van der Waals surface area contributed by atoms with Crippen LogP contribution in [0, 0.1) is 0 Å². The Morgan fingerprint density at radius 1 is 1.64 bits per heavy atom. The van der Waals surface area contributed by atoms with Crippen LogP contribution in [0.25, 0.3) is 11.0 Å². The molecule has 4 heteroatoms. The van der Waals surface area contributed by atoms with Gasteiger partial charge in [0.2, 0.25) is 0 Å². The molecule has 0 N–H and O–H groups in total. The Bertz CT molecular complexity index is 441. The predicted molar refractivity (Wildman–Crippen MR) is 39.3 cm³/mol. The van der Waals surface area contributed by atoms with E-state index in [4.69, 9.17) is 4.42 Å². The molecular formula is C7H6N2O2. The zero-order valence-electron chi connectivity index (χ0n) is 5.94. The molecule has 0 fully saturated rings. The summed E-state index contributed by atoms with van der Waals surface area (Å²) in [5, 5.41) is 4.36. The summed E-state index contributed by atoms with van der Waals surface area (Å²) in [6, 6.07) is 1.64. The third kappa shape index (κ3) is 0.756. The molecule has 0 aliphatic heterocycles. The molecule has 2 aromatic rings. The summed E-state index contributed by atoms with van der Waals surface area (Å²) < 4.78 is 6.25. The molecule has 56 valence electrons. The van der Waals surface area contributed by atoms with Gasteiger partial charge in [-0.3, -0.25) is 4.79 Å². The third-order valence-corrected chi connectivity index (χ3v) is 1.57. The van der Waals surface area contributed by atoms with E-state index in [0.717, 1.165) is 0 Å². The maximum Gasteiger partial charge on any atom is 0.277 e. The second-order valence-electron chi connectivity index (χ2n) is 2.27. The van der Waals surface area contributed by atoms with Gasteiger partial charge < -0.3 is 4.42 Å². The summed E-state index contributed by atoms with van der Waals surface area (Å²) in [4.78, 5) is 11.2. The zero-order valence-corrected chi connectivity index (χ0v) is 5.94. The van der Waals surface area contributed by atoms with Crippen LogP contribution in [0.1, 0.15) is 0 Å². The lowest BCUT2D eigenvalue weighted by Gasteiger charge is -1.91. The molecule has 0 spiro atoms. The molecule has 4 nitrogen and oxygen atoms in total. The van der Waals surface area contributed by atoms with Crippen LogP contribution in [0.5, 0.6) is 0 Å². The molecule has 0 saturated carbocycles. The second-order valence-corrected chi connectivity index (χ2v) is 2.27. The number of hydrogen-bond acceptors (Lipinski definition) is 3. The number of rotatable bonds is 0. The summed E-state index contributed by atoms with van der Waals surface area (Å²) in [5.74, 6) is 0. The third-order valence-electron chi connectivity index (χ3n) is 1.57. The Morgan fingerprint density at radius 3 is 3.27 bits per heavy atom. The van der Waals surface area contributed by atoms with Crippen LogP contribution >= 0.6 is 0 Å². The van der Waals surface area contributed by atoms with E-state index in [0.29, 0.717) is 11.0 Å². The fraction of sp³-hybridized carbons (Fsp3) is 0.143. The van der Waals surface area contributed by atoms with Crippen molar-refractivity contribution in [2.45, 2.75) is 0 Å². The van der Waals surface area contributed by atoms with Crippen molar-refractivity contribution in [3.05, 3.63) is 28.9 Å². The van der Waals surface area contributed by atoms with Crippen molar-refractivity contribution in [2.24, 2.45) is 7.05 Å². The fourth-order valence-corrected chi connectivity index (χ4v) is 0.963. The van der Waals surface area contributed by atoms with E-state index in [-0.39, 0.29) is 5.56 Å². The van der Waals surface area contributed by atoms with Crippen molar-refractivity contribution in [1.82, 2.24) is 9.78 Å². The highest BCUT2D eigenvalue weighted by atomic mass is 16.3. The molecule has 11 heavy (non-hydrogen) atoms. The van der Waals surface area contributed by atoms with Crippen molar-refractivity contribution in [3.8, 4) is 0 Å². The van der Waals surface area contributed by atoms with Crippen molar-refractivity contribution < 1.29 is 4.42 Å². The lowest BCUT2D eigenvalue weighted by atomic mass is 10.4. The average Bonchev–Trinajstić information content (AvgIpc) is 2.45. The minimum atomic E-state index is -0.128. The minimum Gasteiger partial charge on any atom is -0.462 e. The smallest absolute Gasteiger partial charge is 0.277 e. The Morgan fingerprint density at radius 2 is 2.45 bits per heavy atom. The largest absolute Gasteiger partial charge is 0.462 e. The van der Waals surface area contributed by atoms with Crippen molar-refractivity contribution in [2.75, 3.05) is 0 Å². The van der Waals surface area contributed by atoms with Gasteiger partial charge in [-0.25, -0.2) is 4.68 Å². The first kappa shape index (κ1) is 6.15. The molecule has 0 atom stereocenters. The molecule has 0 unspecified atom stereocenters. The summed E-state index contributed by atoms with van der Waals surface area (Å²) in [7, 11) is 1.61. The first-order chi connectivity index (χ1) is 5.29. The maximum atomic E-state index is 11.2. The average molecular weight is 150 g/mol. The summed E-state index contributed by atoms with van der Waals surface area (Å²) in [5.41, 5.74) is 0.407. The van der Waals surface area contributed by atoms with Gasteiger partial charge in [0.1, 0.15) is 0 Å². The number of furan rings is 1. The van der Waals surface area contributed by atoms with Crippen LogP contribution in [-0.4, -0.2) is 9.78 Å². The topological polar surface area (TPSA) is 48.0 Å². The molecule has 0 radical (unpaired) electrons. The number of nitrogens with zero attached hydrogens (tertiary/aromatic N) is 2. The highest BCUT2D eigenvalue weighted by Gasteiger charge is 2.01. The van der Waals surface area contributed by atoms with E-state index < -0.39 is 0 Å². The predicted octanol–water partition coefficient (Wildman–Crippen LogP) is 0.526. The molecule has 0 aliphatic rings. The quantitative estimate of drug-likeness (QED) is 0.550. The van der Waals surface area contributed by atoms with E-state index in [1.165, 1.54) is 17.1 Å². The van der Waals surface area contributed by atoms with Crippen molar-refractivity contribution in [1.29, 1.82) is 0 Å². The highest BCUT2D eigenvalue weighted by molar-refractivity contribution is 5.74. The molecule has 0 aromatic carbocycles. The van der Waals surface area contributed by atoms with E-state index >= 15 is 0 Å². The number of fused-ring (bicyclic) bond motifs is 1. The van der Waals surface area contributed by atoms with Crippen LogP contribution in [0.3, 0.4) is 0 Å². The standard InChI is InChI=1S/C7H6N2O2/c1-9-7(10)5-2-3-11-6(5)4-8-9/h2-4H,1H3. The molecule has 0 amide bonds. The Hall–Kier alpha value is -1.58. The summed E-state index contributed by atoms with van der Waals surface area (Å²) >= 11 is 0. The SMILES string of the molecule is Cn1ncc2occc2c1=O. The summed E-state index contributed by atoms with van der Waals surface area (Å²) in [6.45, 7) is 0. The van der Waals surface area contributed by atoms with Gasteiger partial charge in [0.15, 0.2) is 5.58 Å². The van der Waals surface area contributed by atoms with Gasteiger partial charge in [0.05, 0.1) is 17.8 Å². The van der Waals surface area contributed by atoms with Crippen molar-refractivity contribution >= 4 is 11.0 Å². The van der Waals surface area contributed by atoms with Crippen LogP contribution in [0.15, 0.2) is 27.7 Å². The van der Waals surface area contributed by atoms with Crippen molar-refractivity contribution in [3.63, 3.8) is 0 Å². The molecule has 2 aromatic heterocycles. The highest BCUT2D eigenvalue weighted by Crippen LogP contribution is 2.06. The van der Waals surface area contributed by atoms with Gasteiger partial charge >= 0.3 is 0 Å². The zero-order chi connectivity index (χ0) is 7.84. The fourth-order valence-electron chi connectivity index (χ4n) is 0.963. The lowest BCUT2D eigenvalue weighted by molar-refractivity contribution is 0.607. The number of aromatic nitrogens is 2. The van der Waals surface area contributed by atoms with Gasteiger partial charge in [-0.2, -0.15) is 5.10 Å². The monoisotopic (exact) mass is 150 g/mol. The first-order valence-electron chi connectivity index (χ1n) is 3.18. The van der Waals surface area contributed by atoms with Gasteiger partial charge in [-0.05, 0) is 6.07 Å². The van der Waals surface area contributed by atoms with Crippen LogP contribution in [-0.2, 0) is 7.05 Å². The van der Waals surface area contributed by atoms with Crippen LogP contribution in [0.2, 0.25) is 0 Å². The molecule has 0 bridgehead atoms. The van der Waals surface area contributed by atoms with E-state index in [9.17, 15) is 4.79 Å². The Labute approximate surface area is 62.1 Å². The Balaban J connectivity index is 3.05.